The van der Waals surface area contributed by atoms with Gasteiger partial charge in [0.05, 0.1) is 11.7 Å². The standard InChI is InChI=1S/C19H31N3O2/c1-11(2)20-16-7-9-22(10-8-16)14(5)19(24)18-12(3)17(15(6)23)13(4)21-18/h11,14,16,20-21H,7-10H2,1-6H3/t14-/m0/s1. The summed E-state index contributed by atoms with van der Waals surface area (Å²) in [4.78, 5) is 30.1. The normalized spacial score (nSPS) is 18.1. The molecular weight excluding hydrogens is 302 g/mol. The number of hydrogen-bond acceptors (Lipinski definition) is 4. The minimum atomic E-state index is -0.165. The van der Waals surface area contributed by atoms with Crippen molar-refractivity contribution < 1.29 is 9.59 Å². The first-order chi connectivity index (χ1) is 11.2. The molecule has 0 aromatic carbocycles. The zero-order chi connectivity index (χ0) is 18.0. The van der Waals surface area contributed by atoms with Crippen LogP contribution >= 0.6 is 0 Å². The monoisotopic (exact) mass is 333 g/mol. The number of carbonyl (C=O) groups is 2. The summed E-state index contributed by atoms with van der Waals surface area (Å²) < 4.78 is 0. The average molecular weight is 333 g/mol. The van der Waals surface area contributed by atoms with Crippen molar-refractivity contribution in [2.75, 3.05) is 13.1 Å². The van der Waals surface area contributed by atoms with Gasteiger partial charge in [0.1, 0.15) is 0 Å². The molecule has 0 amide bonds. The second kappa shape index (κ2) is 7.62. The third-order valence-electron chi connectivity index (χ3n) is 5.06. The molecule has 134 valence electrons. The lowest BCUT2D eigenvalue weighted by atomic mass is 9.98. The summed E-state index contributed by atoms with van der Waals surface area (Å²) in [5, 5.41) is 3.58. The van der Waals surface area contributed by atoms with E-state index in [1.165, 1.54) is 0 Å². The predicted octanol–water partition coefficient (Wildman–Crippen LogP) is 2.87. The topological polar surface area (TPSA) is 65.2 Å². The van der Waals surface area contributed by atoms with Gasteiger partial charge in [0.25, 0.3) is 0 Å². The van der Waals surface area contributed by atoms with Crippen LogP contribution in [0.1, 0.15) is 72.6 Å². The van der Waals surface area contributed by atoms with Crippen LogP contribution in [0.3, 0.4) is 0 Å². The van der Waals surface area contributed by atoms with Gasteiger partial charge in [-0.3, -0.25) is 14.5 Å². The first kappa shape index (κ1) is 18.9. The molecule has 1 aromatic heterocycles. The van der Waals surface area contributed by atoms with Gasteiger partial charge < -0.3 is 10.3 Å². The van der Waals surface area contributed by atoms with E-state index in [9.17, 15) is 9.59 Å². The van der Waals surface area contributed by atoms with Crippen LogP contribution in [0.25, 0.3) is 0 Å². The number of Topliss-reactive ketones (excluding diaryl/α,β-unsaturated/α-hetero) is 2. The number of likely N-dealkylation sites (tertiary alicyclic amines) is 1. The highest BCUT2D eigenvalue weighted by atomic mass is 16.1. The molecule has 24 heavy (non-hydrogen) atoms. The highest BCUT2D eigenvalue weighted by molar-refractivity contribution is 6.05. The molecule has 1 atom stereocenters. The molecule has 1 fully saturated rings. The van der Waals surface area contributed by atoms with Gasteiger partial charge in [0.15, 0.2) is 11.6 Å². The molecule has 0 unspecified atom stereocenters. The summed E-state index contributed by atoms with van der Waals surface area (Å²) in [7, 11) is 0. The summed E-state index contributed by atoms with van der Waals surface area (Å²) in [5.74, 6) is 0.0897. The van der Waals surface area contributed by atoms with E-state index in [4.69, 9.17) is 0 Å². The molecule has 5 heteroatoms. The second-order valence-corrected chi connectivity index (χ2v) is 7.35. The van der Waals surface area contributed by atoms with Gasteiger partial charge in [-0.2, -0.15) is 0 Å². The van der Waals surface area contributed by atoms with Crippen molar-refractivity contribution in [3.63, 3.8) is 0 Å². The van der Waals surface area contributed by atoms with Crippen molar-refractivity contribution in [1.29, 1.82) is 0 Å². The number of nitrogens with zero attached hydrogens (tertiary/aromatic N) is 1. The highest BCUT2D eigenvalue weighted by Gasteiger charge is 2.30. The molecular formula is C19H31N3O2. The van der Waals surface area contributed by atoms with Gasteiger partial charge in [-0.15, -0.1) is 0 Å². The summed E-state index contributed by atoms with van der Waals surface area (Å²) in [6, 6.07) is 0.874. The fourth-order valence-electron chi connectivity index (χ4n) is 3.82. The van der Waals surface area contributed by atoms with E-state index in [1.54, 1.807) is 6.92 Å². The number of aryl methyl sites for hydroxylation is 1. The fraction of sp³-hybridized carbons (Fsp3) is 0.684. The molecule has 0 saturated carbocycles. The van der Waals surface area contributed by atoms with Crippen LogP contribution in [-0.2, 0) is 0 Å². The summed E-state index contributed by atoms with van der Waals surface area (Å²) >= 11 is 0. The Morgan fingerprint density at radius 3 is 2.21 bits per heavy atom. The van der Waals surface area contributed by atoms with E-state index in [0.29, 0.717) is 23.3 Å². The predicted molar refractivity (Wildman–Crippen MR) is 96.9 cm³/mol. The smallest absolute Gasteiger partial charge is 0.196 e. The van der Waals surface area contributed by atoms with Crippen LogP contribution in [-0.4, -0.2) is 52.7 Å². The van der Waals surface area contributed by atoms with Crippen molar-refractivity contribution in [3.8, 4) is 0 Å². The number of ketones is 2. The van der Waals surface area contributed by atoms with Crippen molar-refractivity contribution in [3.05, 3.63) is 22.5 Å². The number of H-pyrrole nitrogens is 1. The minimum absolute atomic E-state index is 0.00790. The lowest BCUT2D eigenvalue weighted by Gasteiger charge is -2.36. The van der Waals surface area contributed by atoms with E-state index in [1.807, 2.05) is 20.8 Å². The van der Waals surface area contributed by atoms with Gasteiger partial charge in [-0.1, -0.05) is 13.8 Å². The number of rotatable bonds is 6. The maximum atomic E-state index is 12.9. The Balaban J connectivity index is 2.06. The molecule has 0 spiro atoms. The largest absolute Gasteiger partial charge is 0.355 e. The van der Waals surface area contributed by atoms with E-state index < -0.39 is 0 Å². The zero-order valence-corrected chi connectivity index (χ0v) is 15.8. The third-order valence-corrected chi connectivity index (χ3v) is 5.06. The maximum Gasteiger partial charge on any atom is 0.196 e. The number of nitrogens with one attached hydrogen (secondary N) is 2. The molecule has 5 nitrogen and oxygen atoms in total. The van der Waals surface area contributed by atoms with Crippen molar-refractivity contribution in [1.82, 2.24) is 15.2 Å². The van der Waals surface area contributed by atoms with Crippen LogP contribution in [0.5, 0.6) is 0 Å². The van der Waals surface area contributed by atoms with E-state index in [2.05, 4.69) is 29.0 Å². The van der Waals surface area contributed by atoms with Gasteiger partial charge in [-0.25, -0.2) is 0 Å². The summed E-state index contributed by atoms with van der Waals surface area (Å²) in [6.07, 6.45) is 2.13. The number of aromatic nitrogens is 1. The maximum absolute atomic E-state index is 12.9. The van der Waals surface area contributed by atoms with Crippen LogP contribution in [0.4, 0.5) is 0 Å². The quantitative estimate of drug-likeness (QED) is 0.786. The molecule has 0 radical (unpaired) electrons. The Hall–Kier alpha value is -1.46. The van der Waals surface area contributed by atoms with E-state index in [0.717, 1.165) is 37.2 Å². The average Bonchev–Trinajstić information content (AvgIpc) is 2.80. The molecule has 2 heterocycles. The van der Waals surface area contributed by atoms with Crippen LogP contribution in [0.2, 0.25) is 0 Å². The lowest BCUT2D eigenvalue weighted by molar-refractivity contribution is 0.0779. The van der Waals surface area contributed by atoms with Crippen molar-refractivity contribution in [2.45, 2.75) is 72.5 Å². The molecule has 1 saturated heterocycles. The Bertz CT molecular complexity index is 610. The van der Waals surface area contributed by atoms with Crippen LogP contribution in [0, 0.1) is 13.8 Å². The Labute approximate surface area is 145 Å². The van der Waals surface area contributed by atoms with Gasteiger partial charge in [-0.05, 0) is 46.1 Å². The molecule has 1 aromatic rings. The fourth-order valence-corrected chi connectivity index (χ4v) is 3.82. The third kappa shape index (κ3) is 3.95. The van der Waals surface area contributed by atoms with E-state index >= 15 is 0 Å². The van der Waals surface area contributed by atoms with Crippen molar-refractivity contribution in [2.24, 2.45) is 0 Å². The highest BCUT2D eigenvalue weighted by Crippen LogP contribution is 2.22. The van der Waals surface area contributed by atoms with Crippen LogP contribution < -0.4 is 5.32 Å². The SMILES string of the molecule is CC(=O)c1c(C)[nH]c(C(=O)[C@H](C)N2CCC(NC(C)C)CC2)c1C. The van der Waals surface area contributed by atoms with Gasteiger partial charge in [0, 0.05) is 36.4 Å². The van der Waals surface area contributed by atoms with Gasteiger partial charge >= 0.3 is 0 Å². The summed E-state index contributed by atoms with van der Waals surface area (Å²) in [6.45, 7) is 13.4. The molecule has 2 N–H and O–H groups in total. The molecule has 2 rings (SSSR count). The number of carbonyl (C=O) groups excluding carboxylic acids is 2. The first-order valence-electron chi connectivity index (χ1n) is 8.96. The minimum Gasteiger partial charge on any atom is -0.355 e. The van der Waals surface area contributed by atoms with Crippen molar-refractivity contribution >= 4 is 11.6 Å². The second-order valence-electron chi connectivity index (χ2n) is 7.35. The zero-order valence-electron chi connectivity index (χ0n) is 15.8. The summed E-state index contributed by atoms with van der Waals surface area (Å²) in [5.41, 5.74) is 2.82. The van der Waals surface area contributed by atoms with Crippen LogP contribution in [0.15, 0.2) is 0 Å². The lowest BCUT2D eigenvalue weighted by Crippen LogP contribution is -2.49. The van der Waals surface area contributed by atoms with E-state index in [-0.39, 0.29) is 17.6 Å². The number of aromatic amines is 1. The Kier molecular flexibility index (Phi) is 5.99. The number of hydrogen-bond donors (Lipinski definition) is 2. The molecule has 1 aliphatic heterocycles. The number of piperidine rings is 1. The Morgan fingerprint density at radius 2 is 1.75 bits per heavy atom. The molecule has 1 aliphatic rings. The van der Waals surface area contributed by atoms with Gasteiger partial charge in [0.2, 0.25) is 0 Å². The first-order valence-corrected chi connectivity index (χ1v) is 8.96. The Morgan fingerprint density at radius 1 is 1.17 bits per heavy atom. The molecule has 0 aliphatic carbocycles. The molecule has 0 bridgehead atoms.